The largest absolute Gasteiger partial charge is 0.495 e. The first kappa shape index (κ1) is 13.1. The van der Waals surface area contributed by atoms with Crippen LogP contribution in [-0.2, 0) is 0 Å². The van der Waals surface area contributed by atoms with E-state index in [4.69, 9.17) is 4.74 Å². The van der Waals surface area contributed by atoms with Crippen molar-refractivity contribution in [3.63, 3.8) is 0 Å². The van der Waals surface area contributed by atoms with Gasteiger partial charge in [-0.05, 0) is 29.7 Å². The lowest BCUT2D eigenvalue weighted by molar-refractivity contribution is 0.103. The lowest BCUT2D eigenvalue weighted by Crippen LogP contribution is -1.98. The number of fused-ring (bicyclic) bond motifs is 2. The molecule has 0 amide bonds. The minimum absolute atomic E-state index is 0.0134. The molecule has 2 aromatic heterocycles. The van der Waals surface area contributed by atoms with E-state index in [1.165, 1.54) is 11.3 Å². The van der Waals surface area contributed by atoms with Crippen molar-refractivity contribution in [2.75, 3.05) is 7.11 Å². The molecule has 0 unspecified atom stereocenters. The van der Waals surface area contributed by atoms with Gasteiger partial charge in [0.1, 0.15) is 5.75 Å². The Kier molecular flexibility index (Phi) is 2.98. The minimum atomic E-state index is 0.0134. The molecule has 4 heteroatoms. The van der Waals surface area contributed by atoms with Gasteiger partial charge < -0.3 is 9.72 Å². The molecule has 108 valence electrons. The molecular weight excluding hydrogens is 294 g/mol. The Labute approximate surface area is 131 Å². The molecule has 0 saturated carbocycles. The normalized spacial score (nSPS) is 11.1. The Balaban J connectivity index is 1.82. The number of thiophene rings is 1. The summed E-state index contributed by atoms with van der Waals surface area (Å²) in [5, 5.41) is 2.08. The predicted octanol–water partition coefficient (Wildman–Crippen LogP) is 4.62. The Morgan fingerprint density at radius 2 is 1.86 bits per heavy atom. The number of rotatable bonds is 3. The summed E-state index contributed by atoms with van der Waals surface area (Å²) in [5.41, 5.74) is 1.44. The van der Waals surface area contributed by atoms with Crippen LogP contribution >= 0.6 is 11.3 Å². The molecule has 0 aliphatic rings. The maximum absolute atomic E-state index is 12.7. The van der Waals surface area contributed by atoms with Gasteiger partial charge in [-0.3, -0.25) is 4.79 Å². The number of ether oxygens (including phenoxy) is 1. The number of carbonyl (C=O) groups excluding carboxylic acids is 1. The minimum Gasteiger partial charge on any atom is -0.495 e. The van der Waals surface area contributed by atoms with Crippen molar-refractivity contribution in [1.29, 1.82) is 0 Å². The van der Waals surface area contributed by atoms with Crippen molar-refractivity contribution in [2.24, 2.45) is 0 Å². The van der Waals surface area contributed by atoms with Gasteiger partial charge in [-0.2, -0.15) is 0 Å². The Morgan fingerprint density at radius 1 is 1.05 bits per heavy atom. The zero-order valence-corrected chi connectivity index (χ0v) is 12.7. The maximum atomic E-state index is 12.7. The van der Waals surface area contributed by atoms with Crippen LogP contribution in [-0.4, -0.2) is 17.9 Å². The van der Waals surface area contributed by atoms with E-state index in [-0.39, 0.29) is 5.78 Å². The van der Waals surface area contributed by atoms with Gasteiger partial charge >= 0.3 is 0 Å². The second kappa shape index (κ2) is 5.00. The Bertz CT molecular complexity index is 964. The van der Waals surface area contributed by atoms with Crippen LogP contribution in [0.2, 0.25) is 0 Å². The second-order valence-electron chi connectivity index (χ2n) is 5.09. The van der Waals surface area contributed by atoms with Gasteiger partial charge in [0.05, 0.1) is 23.2 Å². The molecule has 0 atom stereocenters. The van der Waals surface area contributed by atoms with Crippen molar-refractivity contribution in [3.05, 3.63) is 65.2 Å². The number of ketones is 1. The van der Waals surface area contributed by atoms with Crippen molar-refractivity contribution in [2.45, 2.75) is 0 Å². The third-order valence-electron chi connectivity index (χ3n) is 3.73. The topological polar surface area (TPSA) is 42.1 Å². The van der Waals surface area contributed by atoms with Crippen LogP contribution in [0.3, 0.4) is 0 Å². The number of para-hydroxylation sites is 1. The van der Waals surface area contributed by atoms with Gasteiger partial charge in [0.25, 0.3) is 0 Å². The van der Waals surface area contributed by atoms with Crippen LogP contribution < -0.4 is 4.74 Å². The van der Waals surface area contributed by atoms with Crippen LogP contribution in [0.4, 0.5) is 0 Å². The molecule has 0 fully saturated rings. The lowest BCUT2D eigenvalue weighted by Gasteiger charge is -1.99. The molecule has 0 aliphatic carbocycles. The summed E-state index contributed by atoms with van der Waals surface area (Å²) in [6.45, 7) is 0. The second-order valence-corrected chi connectivity index (χ2v) is 6.17. The summed E-state index contributed by atoms with van der Waals surface area (Å²) in [6, 6.07) is 17.6. The van der Waals surface area contributed by atoms with Crippen molar-refractivity contribution >= 4 is 38.1 Å². The molecule has 2 aromatic carbocycles. The van der Waals surface area contributed by atoms with E-state index in [1.54, 1.807) is 7.11 Å². The number of aromatic amines is 1. The fraction of sp³-hybridized carbons (Fsp3) is 0.0556. The summed E-state index contributed by atoms with van der Waals surface area (Å²) in [7, 11) is 1.63. The number of methoxy groups -OCH3 is 1. The first-order valence-electron chi connectivity index (χ1n) is 6.95. The predicted molar refractivity (Wildman–Crippen MR) is 90.1 cm³/mol. The van der Waals surface area contributed by atoms with Gasteiger partial charge in [0.15, 0.2) is 0 Å². The van der Waals surface area contributed by atoms with Gasteiger partial charge in [0.2, 0.25) is 5.78 Å². The quantitative estimate of drug-likeness (QED) is 0.561. The number of hydrogen-bond acceptors (Lipinski definition) is 3. The third-order valence-corrected chi connectivity index (χ3v) is 4.85. The van der Waals surface area contributed by atoms with Crippen LogP contribution in [0, 0.1) is 0 Å². The van der Waals surface area contributed by atoms with Crippen LogP contribution in [0.5, 0.6) is 5.75 Å². The molecule has 4 rings (SSSR count). The van der Waals surface area contributed by atoms with Crippen LogP contribution in [0.25, 0.3) is 21.0 Å². The summed E-state index contributed by atoms with van der Waals surface area (Å²) < 4.78 is 6.46. The summed E-state index contributed by atoms with van der Waals surface area (Å²) in [5.74, 6) is 0.757. The molecule has 0 saturated heterocycles. The third kappa shape index (κ3) is 2.00. The molecule has 0 spiro atoms. The molecule has 22 heavy (non-hydrogen) atoms. The molecule has 0 aliphatic heterocycles. The van der Waals surface area contributed by atoms with E-state index in [1.807, 2.05) is 54.6 Å². The van der Waals surface area contributed by atoms with Gasteiger partial charge in [-0.25, -0.2) is 0 Å². The van der Waals surface area contributed by atoms with E-state index in [0.29, 0.717) is 5.69 Å². The maximum Gasteiger partial charge on any atom is 0.219 e. The average molecular weight is 307 g/mol. The highest BCUT2D eigenvalue weighted by Crippen LogP contribution is 2.30. The molecular formula is C18H13NO2S. The number of carbonyl (C=O) groups is 1. The highest BCUT2D eigenvalue weighted by molar-refractivity contribution is 7.21. The number of nitrogens with one attached hydrogen (secondary N) is 1. The van der Waals surface area contributed by atoms with Gasteiger partial charge in [-0.1, -0.05) is 30.3 Å². The molecule has 1 N–H and O–H groups in total. The van der Waals surface area contributed by atoms with E-state index in [9.17, 15) is 4.79 Å². The fourth-order valence-corrected chi connectivity index (χ4v) is 3.66. The van der Waals surface area contributed by atoms with E-state index in [0.717, 1.165) is 31.6 Å². The highest BCUT2D eigenvalue weighted by Gasteiger charge is 2.16. The molecule has 0 bridgehead atoms. The van der Waals surface area contributed by atoms with Crippen LogP contribution in [0.15, 0.2) is 54.6 Å². The standard InChI is InChI=1S/C18H13NO2S/c1-21-14-7-4-6-12-9-13(19-17(12)14)18(20)16-10-11-5-2-3-8-15(11)22-16/h2-10,19H,1H3. The number of H-pyrrole nitrogens is 1. The highest BCUT2D eigenvalue weighted by atomic mass is 32.1. The molecule has 0 radical (unpaired) electrons. The number of benzene rings is 2. The lowest BCUT2D eigenvalue weighted by atomic mass is 10.2. The summed E-state index contributed by atoms with van der Waals surface area (Å²) in [6.07, 6.45) is 0. The number of aromatic nitrogens is 1. The number of hydrogen-bond donors (Lipinski definition) is 1. The summed E-state index contributed by atoms with van der Waals surface area (Å²) in [4.78, 5) is 16.7. The summed E-state index contributed by atoms with van der Waals surface area (Å²) >= 11 is 1.52. The molecule has 4 aromatic rings. The smallest absolute Gasteiger partial charge is 0.219 e. The van der Waals surface area contributed by atoms with Crippen LogP contribution in [0.1, 0.15) is 15.4 Å². The zero-order chi connectivity index (χ0) is 15.1. The monoisotopic (exact) mass is 307 g/mol. The van der Waals surface area contributed by atoms with Crippen molar-refractivity contribution in [3.8, 4) is 5.75 Å². The Hall–Kier alpha value is -2.59. The molecule has 3 nitrogen and oxygen atoms in total. The van der Waals surface area contributed by atoms with Crippen molar-refractivity contribution < 1.29 is 9.53 Å². The van der Waals surface area contributed by atoms with E-state index in [2.05, 4.69) is 4.98 Å². The zero-order valence-electron chi connectivity index (χ0n) is 11.9. The Morgan fingerprint density at radius 3 is 2.68 bits per heavy atom. The first-order valence-corrected chi connectivity index (χ1v) is 7.77. The van der Waals surface area contributed by atoms with E-state index < -0.39 is 0 Å². The van der Waals surface area contributed by atoms with Crippen molar-refractivity contribution in [1.82, 2.24) is 4.98 Å². The molecule has 2 heterocycles. The fourth-order valence-electron chi connectivity index (χ4n) is 2.65. The average Bonchev–Trinajstić information content (AvgIpc) is 3.17. The first-order chi connectivity index (χ1) is 10.8. The van der Waals surface area contributed by atoms with Gasteiger partial charge in [0, 0.05) is 10.1 Å². The van der Waals surface area contributed by atoms with E-state index >= 15 is 0 Å². The SMILES string of the molecule is COc1cccc2cc(C(=O)c3cc4ccccc4s3)[nH]c12. The van der Waals surface area contributed by atoms with Gasteiger partial charge in [-0.15, -0.1) is 11.3 Å².